The van der Waals surface area contributed by atoms with Crippen molar-refractivity contribution in [1.29, 1.82) is 0 Å². The minimum atomic E-state index is -3.82. The standard InChI is InChI=1S/C19H23N3O7S/c1-5-29-16-9-6-14(7-10-16)21(30(4,26)27)13(2)19(23)20-17-12-15(22(24)25)8-11-18(17)28-3/h6-13H,5H2,1-4H3,(H,20,23)/t13-/m1/s1. The van der Waals surface area contributed by atoms with Crippen LogP contribution >= 0.6 is 0 Å². The molecule has 1 atom stereocenters. The van der Waals surface area contributed by atoms with Gasteiger partial charge in [0.2, 0.25) is 15.9 Å². The second-order valence-electron chi connectivity index (χ2n) is 6.29. The second kappa shape index (κ2) is 9.44. The third kappa shape index (κ3) is 5.38. The summed E-state index contributed by atoms with van der Waals surface area (Å²) in [4.78, 5) is 23.2. The largest absolute Gasteiger partial charge is 0.495 e. The third-order valence-corrected chi connectivity index (χ3v) is 5.38. The third-order valence-electron chi connectivity index (χ3n) is 4.14. The van der Waals surface area contributed by atoms with Gasteiger partial charge in [0.25, 0.3) is 5.69 Å². The summed E-state index contributed by atoms with van der Waals surface area (Å²) in [7, 11) is -2.47. The number of nitro benzene ring substituents is 1. The van der Waals surface area contributed by atoms with Gasteiger partial charge < -0.3 is 14.8 Å². The van der Waals surface area contributed by atoms with E-state index in [2.05, 4.69) is 5.32 Å². The number of ether oxygens (including phenoxy) is 2. The van der Waals surface area contributed by atoms with Crippen LogP contribution in [0.4, 0.5) is 17.1 Å². The first-order chi connectivity index (χ1) is 14.1. The Hall–Kier alpha value is -3.34. The van der Waals surface area contributed by atoms with E-state index < -0.39 is 26.9 Å². The van der Waals surface area contributed by atoms with Crippen molar-refractivity contribution in [3.05, 3.63) is 52.6 Å². The molecule has 0 fully saturated rings. The van der Waals surface area contributed by atoms with Crippen molar-refractivity contribution in [3.8, 4) is 11.5 Å². The number of anilines is 2. The Bertz CT molecular complexity index is 1020. The average molecular weight is 437 g/mol. The lowest BCUT2D eigenvalue weighted by atomic mass is 10.2. The highest BCUT2D eigenvalue weighted by Gasteiger charge is 2.30. The molecule has 0 saturated carbocycles. The maximum atomic E-state index is 12.8. The van der Waals surface area contributed by atoms with Crippen LogP contribution < -0.4 is 19.1 Å². The van der Waals surface area contributed by atoms with Gasteiger partial charge in [0.1, 0.15) is 17.5 Å². The number of benzene rings is 2. The van der Waals surface area contributed by atoms with E-state index in [1.54, 1.807) is 12.1 Å². The van der Waals surface area contributed by atoms with Crippen molar-refractivity contribution in [2.24, 2.45) is 0 Å². The number of nitro groups is 1. The molecule has 2 aromatic rings. The number of amides is 1. The van der Waals surface area contributed by atoms with Crippen molar-refractivity contribution in [3.63, 3.8) is 0 Å². The van der Waals surface area contributed by atoms with E-state index in [1.165, 1.54) is 38.3 Å². The molecule has 0 spiro atoms. The molecular formula is C19H23N3O7S. The van der Waals surface area contributed by atoms with Gasteiger partial charge in [-0.15, -0.1) is 0 Å². The van der Waals surface area contributed by atoms with E-state index in [0.717, 1.165) is 16.6 Å². The molecule has 0 saturated heterocycles. The number of carbonyl (C=O) groups is 1. The van der Waals surface area contributed by atoms with Gasteiger partial charge in [-0.2, -0.15) is 0 Å². The van der Waals surface area contributed by atoms with Gasteiger partial charge >= 0.3 is 0 Å². The van der Waals surface area contributed by atoms with Crippen LogP contribution in [0, 0.1) is 10.1 Å². The summed E-state index contributed by atoms with van der Waals surface area (Å²) in [5.41, 5.74) is 0.0866. The van der Waals surface area contributed by atoms with E-state index in [1.807, 2.05) is 6.92 Å². The van der Waals surface area contributed by atoms with E-state index in [0.29, 0.717) is 12.4 Å². The number of sulfonamides is 1. The number of hydrogen-bond acceptors (Lipinski definition) is 7. The van der Waals surface area contributed by atoms with Gasteiger partial charge in [0, 0.05) is 12.1 Å². The van der Waals surface area contributed by atoms with Crippen LogP contribution in [0.3, 0.4) is 0 Å². The number of nitrogens with zero attached hydrogens (tertiary/aromatic N) is 2. The van der Waals surface area contributed by atoms with Crippen LogP contribution in [0.15, 0.2) is 42.5 Å². The van der Waals surface area contributed by atoms with E-state index >= 15 is 0 Å². The summed E-state index contributed by atoms with van der Waals surface area (Å²) >= 11 is 0. The predicted octanol–water partition coefficient (Wildman–Crippen LogP) is 2.80. The first-order valence-corrected chi connectivity index (χ1v) is 10.8. The molecule has 0 bridgehead atoms. The lowest BCUT2D eigenvalue weighted by Gasteiger charge is -2.28. The van der Waals surface area contributed by atoms with Gasteiger partial charge in [0.05, 0.1) is 36.3 Å². The normalized spacial score (nSPS) is 12.0. The average Bonchev–Trinajstić information content (AvgIpc) is 2.68. The van der Waals surface area contributed by atoms with E-state index in [9.17, 15) is 23.3 Å². The molecule has 0 unspecified atom stereocenters. The van der Waals surface area contributed by atoms with Crippen molar-refractivity contribution in [2.45, 2.75) is 19.9 Å². The van der Waals surface area contributed by atoms with Gasteiger partial charge in [0.15, 0.2) is 0 Å². The number of non-ortho nitro benzene ring substituents is 1. The number of nitrogens with one attached hydrogen (secondary N) is 1. The van der Waals surface area contributed by atoms with Crippen LogP contribution in [0.5, 0.6) is 11.5 Å². The molecule has 0 aliphatic heterocycles. The minimum Gasteiger partial charge on any atom is -0.495 e. The Morgan fingerprint density at radius 1 is 1.23 bits per heavy atom. The first kappa shape index (κ1) is 22.9. The number of hydrogen-bond donors (Lipinski definition) is 1. The Balaban J connectivity index is 2.35. The summed E-state index contributed by atoms with van der Waals surface area (Å²) < 4.78 is 36.3. The van der Waals surface area contributed by atoms with E-state index in [4.69, 9.17) is 9.47 Å². The summed E-state index contributed by atoms with van der Waals surface area (Å²) in [5, 5.41) is 13.5. The number of rotatable bonds is 9. The second-order valence-corrected chi connectivity index (χ2v) is 8.15. The van der Waals surface area contributed by atoms with Crippen LogP contribution in [0.25, 0.3) is 0 Å². The molecule has 0 aliphatic rings. The lowest BCUT2D eigenvalue weighted by molar-refractivity contribution is -0.384. The predicted molar refractivity (Wildman–Crippen MR) is 113 cm³/mol. The van der Waals surface area contributed by atoms with Gasteiger partial charge in [-0.25, -0.2) is 8.42 Å². The monoisotopic (exact) mass is 437 g/mol. The summed E-state index contributed by atoms with van der Waals surface area (Å²) in [5.74, 6) is 0.0781. The zero-order valence-electron chi connectivity index (χ0n) is 17.0. The van der Waals surface area contributed by atoms with Gasteiger partial charge in [-0.3, -0.25) is 19.2 Å². The summed E-state index contributed by atoms with van der Waals surface area (Å²) in [6.45, 7) is 3.70. The minimum absolute atomic E-state index is 0.0590. The molecule has 1 amide bonds. The first-order valence-electron chi connectivity index (χ1n) is 8.94. The van der Waals surface area contributed by atoms with Crippen molar-refractivity contribution < 1.29 is 27.6 Å². The molecule has 10 nitrogen and oxygen atoms in total. The maximum absolute atomic E-state index is 12.8. The molecule has 1 N–H and O–H groups in total. The molecule has 0 aliphatic carbocycles. The Morgan fingerprint density at radius 3 is 2.37 bits per heavy atom. The fraction of sp³-hybridized carbons (Fsp3) is 0.316. The highest BCUT2D eigenvalue weighted by molar-refractivity contribution is 7.92. The SMILES string of the molecule is CCOc1ccc(N([C@H](C)C(=O)Nc2cc([N+](=O)[O-])ccc2OC)S(C)(=O)=O)cc1. The van der Waals surface area contributed by atoms with Gasteiger partial charge in [-0.05, 0) is 44.2 Å². The van der Waals surface area contributed by atoms with Crippen LogP contribution in [-0.4, -0.2) is 45.3 Å². The fourth-order valence-electron chi connectivity index (χ4n) is 2.81. The fourth-order valence-corrected chi connectivity index (χ4v) is 3.98. The van der Waals surface area contributed by atoms with Crippen molar-refractivity contribution in [1.82, 2.24) is 0 Å². The Morgan fingerprint density at radius 2 is 1.87 bits per heavy atom. The number of carbonyl (C=O) groups excluding carboxylic acids is 1. The molecular weight excluding hydrogens is 414 g/mol. The topological polar surface area (TPSA) is 128 Å². The Kier molecular flexibility index (Phi) is 7.22. The quantitative estimate of drug-likeness (QED) is 0.472. The molecule has 30 heavy (non-hydrogen) atoms. The van der Waals surface area contributed by atoms with Gasteiger partial charge in [-0.1, -0.05) is 0 Å². The van der Waals surface area contributed by atoms with E-state index in [-0.39, 0.29) is 22.8 Å². The zero-order chi connectivity index (χ0) is 22.5. The highest BCUT2D eigenvalue weighted by Crippen LogP contribution is 2.30. The Labute approximate surface area is 174 Å². The molecule has 162 valence electrons. The lowest BCUT2D eigenvalue weighted by Crippen LogP contribution is -2.45. The highest BCUT2D eigenvalue weighted by atomic mass is 32.2. The smallest absolute Gasteiger partial charge is 0.271 e. The zero-order valence-corrected chi connectivity index (χ0v) is 17.8. The van der Waals surface area contributed by atoms with Crippen LogP contribution in [0.1, 0.15) is 13.8 Å². The summed E-state index contributed by atoms with van der Waals surface area (Å²) in [6.07, 6.45) is 0.987. The van der Waals surface area contributed by atoms with Crippen molar-refractivity contribution in [2.75, 3.05) is 29.6 Å². The summed E-state index contributed by atoms with van der Waals surface area (Å²) in [6, 6.07) is 8.84. The molecule has 2 rings (SSSR count). The van der Waals surface area contributed by atoms with Crippen molar-refractivity contribution >= 4 is 33.0 Å². The van der Waals surface area contributed by atoms with Crippen LogP contribution in [-0.2, 0) is 14.8 Å². The molecule has 0 heterocycles. The molecule has 11 heteroatoms. The molecule has 2 aromatic carbocycles. The maximum Gasteiger partial charge on any atom is 0.271 e. The van der Waals surface area contributed by atoms with Crippen LogP contribution in [0.2, 0.25) is 0 Å². The molecule has 0 aromatic heterocycles. The molecule has 0 radical (unpaired) electrons. The number of methoxy groups -OCH3 is 1.